The zero-order valence-corrected chi connectivity index (χ0v) is 10.9. The highest BCUT2D eigenvalue weighted by molar-refractivity contribution is 7.09. The Bertz CT molecular complexity index is 574. The maximum absolute atomic E-state index is 13.8. The molecule has 0 aliphatic rings. The Morgan fingerprint density at radius 2 is 2.32 bits per heavy atom. The summed E-state index contributed by atoms with van der Waals surface area (Å²) in [6, 6.07) is 1.13. The van der Waals surface area contributed by atoms with Crippen LogP contribution in [0.3, 0.4) is 0 Å². The molecule has 0 radical (unpaired) electrons. The highest BCUT2D eigenvalue weighted by Crippen LogP contribution is 2.20. The van der Waals surface area contributed by atoms with Crippen molar-refractivity contribution in [3.05, 3.63) is 40.2 Å². The smallest absolute Gasteiger partial charge is 0.338 e. The first-order valence-electron chi connectivity index (χ1n) is 5.60. The van der Waals surface area contributed by atoms with Crippen LogP contribution < -0.4 is 5.32 Å². The third kappa shape index (κ3) is 3.05. The lowest BCUT2D eigenvalue weighted by Gasteiger charge is -2.11. The van der Waals surface area contributed by atoms with Crippen LogP contribution in [0, 0.1) is 5.82 Å². The third-order valence-corrected chi connectivity index (χ3v) is 3.58. The number of carbonyl (C=O) groups is 1. The summed E-state index contributed by atoms with van der Waals surface area (Å²) in [4.78, 5) is 18.8. The average Bonchev–Trinajstić information content (AvgIpc) is 2.90. The third-order valence-electron chi connectivity index (χ3n) is 2.57. The Hall–Kier alpha value is -2.02. The van der Waals surface area contributed by atoms with Crippen LogP contribution in [0.25, 0.3) is 0 Å². The van der Waals surface area contributed by atoms with Gasteiger partial charge < -0.3 is 10.4 Å². The summed E-state index contributed by atoms with van der Waals surface area (Å²) in [7, 11) is 0. The molecule has 0 saturated heterocycles. The Morgan fingerprint density at radius 3 is 2.95 bits per heavy atom. The molecule has 0 bridgehead atoms. The molecule has 2 heterocycles. The zero-order valence-electron chi connectivity index (χ0n) is 10.1. The van der Waals surface area contributed by atoms with Gasteiger partial charge in [0.25, 0.3) is 0 Å². The van der Waals surface area contributed by atoms with Crippen LogP contribution in [-0.2, 0) is 0 Å². The molecule has 0 spiro atoms. The standard InChI is InChI=1S/C12H12FN3O2S/c1-7(11-15-4-5-19-11)6-16-10-9(13)8(12(17)18)2-3-14-10/h2-5,7H,6H2,1H3,(H,14,16)(H,17,18). The predicted octanol–water partition coefficient (Wildman–Crippen LogP) is 2.59. The molecule has 19 heavy (non-hydrogen) atoms. The summed E-state index contributed by atoms with van der Waals surface area (Å²) in [5, 5.41) is 14.4. The van der Waals surface area contributed by atoms with Crippen molar-refractivity contribution in [2.24, 2.45) is 0 Å². The first kappa shape index (κ1) is 13.4. The van der Waals surface area contributed by atoms with Crippen molar-refractivity contribution in [2.45, 2.75) is 12.8 Å². The number of nitrogens with zero attached hydrogens (tertiary/aromatic N) is 2. The van der Waals surface area contributed by atoms with Gasteiger partial charge in [-0.25, -0.2) is 19.2 Å². The van der Waals surface area contributed by atoms with Crippen molar-refractivity contribution in [1.29, 1.82) is 0 Å². The first-order valence-corrected chi connectivity index (χ1v) is 6.48. The van der Waals surface area contributed by atoms with Crippen LogP contribution >= 0.6 is 11.3 Å². The molecular weight excluding hydrogens is 269 g/mol. The summed E-state index contributed by atoms with van der Waals surface area (Å²) in [5.74, 6) is -2.12. The molecule has 0 fully saturated rings. The van der Waals surface area contributed by atoms with Crippen LogP contribution in [0.15, 0.2) is 23.8 Å². The van der Waals surface area contributed by atoms with E-state index in [9.17, 15) is 9.18 Å². The second kappa shape index (κ2) is 5.75. The van der Waals surface area contributed by atoms with E-state index >= 15 is 0 Å². The minimum atomic E-state index is -1.31. The Labute approximate surface area is 113 Å². The zero-order chi connectivity index (χ0) is 13.8. The van der Waals surface area contributed by atoms with E-state index in [1.165, 1.54) is 17.5 Å². The minimum Gasteiger partial charge on any atom is -0.478 e. The van der Waals surface area contributed by atoms with E-state index in [1.807, 2.05) is 12.3 Å². The lowest BCUT2D eigenvalue weighted by atomic mass is 10.2. The fraction of sp³-hybridized carbons (Fsp3) is 0.250. The molecule has 5 nitrogen and oxygen atoms in total. The van der Waals surface area contributed by atoms with E-state index in [0.717, 1.165) is 11.1 Å². The number of hydrogen-bond donors (Lipinski definition) is 2. The van der Waals surface area contributed by atoms with Crippen LogP contribution in [0.1, 0.15) is 28.2 Å². The van der Waals surface area contributed by atoms with Crippen molar-refractivity contribution in [2.75, 3.05) is 11.9 Å². The van der Waals surface area contributed by atoms with Gasteiger partial charge in [0.05, 0.1) is 5.01 Å². The summed E-state index contributed by atoms with van der Waals surface area (Å²) in [6.45, 7) is 2.38. The number of thiazole rings is 1. The molecule has 0 saturated carbocycles. The number of hydrogen-bond acceptors (Lipinski definition) is 5. The van der Waals surface area contributed by atoms with Crippen LogP contribution in [0.4, 0.5) is 10.2 Å². The molecule has 7 heteroatoms. The number of anilines is 1. The van der Waals surface area contributed by atoms with Gasteiger partial charge in [-0.1, -0.05) is 6.92 Å². The molecule has 0 aliphatic carbocycles. The Kier molecular flexibility index (Phi) is 4.06. The molecule has 0 amide bonds. The van der Waals surface area contributed by atoms with Crippen LogP contribution in [0.5, 0.6) is 0 Å². The molecule has 2 rings (SSSR count). The van der Waals surface area contributed by atoms with E-state index in [0.29, 0.717) is 6.54 Å². The number of halogens is 1. The fourth-order valence-electron chi connectivity index (χ4n) is 1.55. The van der Waals surface area contributed by atoms with Crippen molar-refractivity contribution in [1.82, 2.24) is 9.97 Å². The quantitative estimate of drug-likeness (QED) is 0.881. The maximum Gasteiger partial charge on any atom is 0.338 e. The second-order valence-electron chi connectivity index (χ2n) is 3.98. The second-order valence-corrected chi connectivity index (χ2v) is 4.90. The van der Waals surface area contributed by atoms with Gasteiger partial charge in [0.2, 0.25) is 0 Å². The molecule has 2 N–H and O–H groups in total. The largest absolute Gasteiger partial charge is 0.478 e. The SMILES string of the molecule is CC(CNc1nccc(C(=O)O)c1F)c1nccs1. The molecule has 1 unspecified atom stereocenters. The minimum absolute atomic E-state index is 0.0525. The predicted molar refractivity (Wildman–Crippen MR) is 70.2 cm³/mol. The van der Waals surface area contributed by atoms with Gasteiger partial charge >= 0.3 is 5.97 Å². The highest BCUT2D eigenvalue weighted by atomic mass is 32.1. The van der Waals surface area contributed by atoms with Gasteiger partial charge in [-0.15, -0.1) is 11.3 Å². The Balaban J connectivity index is 2.08. The van der Waals surface area contributed by atoms with Crippen molar-refractivity contribution >= 4 is 23.1 Å². The van der Waals surface area contributed by atoms with E-state index < -0.39 is 11.8 Å². The van der Waals surface area contributed by atoms with Gasteiger partial charge in [-0.2, -0.15) is 0 Å². The van der Waals surface area contributed by atoms with E-state index in [4.69, 9.17) is 5.11 Å². The molecular formula is C12H12FN3O2S. The van der Waals surface area contributed by atoms with E-state index in [1.54, 1.807) is 6.20 Å². The number of rotatable bonds is 5. The average molecular weight is 281 g/mol. The van der Waals surface area contributed by atoms with E-state index in [2.05, 4.69) is 15.3 Å². The molecule has 100 valence electrons. The first-order chi connectivity index (χ1) is 9.09. The molecule has 0 aromatic carbocycles. The van der Waals surface area contributed by atoms with Crippen molar-refractivity contribution < 1.29 is 14.3 Å². The number of carboxylic acids is 1. The summed E-state index contributed by atoms with van der Waals surface area (Å²) in [5.41, 5.74) is -0.389. The fourth-order valence-corrected chi connectivity index (χ4v) is 2.25. The van der Waals surface area contributed by atoms with E-state index in [-0.39, 0.29) is 17.3 Å². The summed E-state index contributed by atoms with van der Waals surface area (Å²) < 4.78 is 13.8. The topological polar surface area (TPSA) is 75.1 Å². The van der Waals surface area contributed by atoms with Crippen LogP contribution in [0.2, 0.25) is 0 Å². The van der Waals surface area contributed by atoms with Gasteiger partial charge in [0.15, 0.2) is 11.6 Å². The van der Waals surface area contributed by atoms with Gasteiger partial charge in [-0.05, 0) is 6.07 Å². The Morgan fingerprint density at radius 1 is 1.53 bits per heavy atom. The molecule has 1 atom stereocenters. The lowest BCUT2D eigenvalue weighted by Crippen LogP contribution is -2.13. The van der Waals surface area contributed by atoms with Gasteiger partial charge in [-0.3, -0.25) is 0 Å². The number of carboxylic acid groups (broad SMARTS) is 1. The molecule has 0 aliphatic heterocycles. The molecule has 2 aromatic heterocycles. The van der Waals surface area contributed by atoms with Gasteiger partial charge in [0.1, 0.15) is 5.56 Å². The van der Waals surface area contributed by atoms with Crippen molar-refractivity contribution in [3.63, 3.8) is 0 Å². The highest BCUT2D eigenvalue weighted by Gasteiger charge is 2.16. The number of nitrogens with one attached hydrogen (secondary N) is 1. The normalized spacial score (nSPS) is 12.1. The van der Waals surface area contributed by atoms with Crippen molar-refractivity contribution in [3.8, 4) is 0 Å². The van der Waals surface area contributed by atoms with Crippen LogP contribution in [-0.4, -0.2) is 27.6 Å². The lowest BCUT2D eigenvalue weighted by molar-refractivity contribution is 0.0692. The monoisotopic (exact) mass is 281 g/mol. The summed E-state index contributed by atoms with van der Waals surface area (Å²) in [6.07, 6.45) is 2.98. The number of pyridine rings is 1. The number of aromatic carboxylic acids is 1. The molecule has 2 aromatic rings. The number of aromatic nitrogens is 2. The maximum atomic E-state index is 13.8. The summed E-state index contributed by atoms with van der Waals surface area (Å²) >= 11 is 1.52. The van der Waals surface area contributed by atoms with Gasteiger partial charge in [0, 0.05) is 30.2 Å².